The summed E-state index contributed by atoms with van der Waals surface area (Å²) in [5.74, 6) is -0.136. The number of aryl methyl sites for hydroxylation is 1. The standard InChI is InChI=1S/C14H15N3O4S2/c1-21-14-12(8-22-16-14)23(19,20)17-10-5-4-9-3-2-6-15-13(18)11(9)7-10/h4-5,7-8,17H,2-3,6H2,1H3,(H,15,18). The van der Waals surface area contributed by atoms with Crippen LogP contribution in [0.5, 0.6) is 5.88 Å². The average molecular weight is 353 g/mol. The average Bonchev–Trinajstić information content (AvgIpc) is 2.94. The van der Waals surface area contributed by atoms with Gasteiger partial charge >= 0.3 is 0 Å². The number of benzene rings is 1. The first-order valence-electron chi connectivity index (χ1n) is 6.93. The van der Waals surface area contributed by atoms with Gasteiger partial charge in [0, 0.05) is 23.2 Å². The van der Waals surface area contributed by atoms with Crippen molar-refractivity contribution in [2.45, 2.75) is 17.7 Å². The minimum absolute atomic E-state index is 0.0237. The Hall–Kier alpha value is -2.13. The molecule has 0 fully saturated rings. The Kier molecular flexibility index (Phi) is 4.22. The van der Waals surface area contributed by atoms with Gasteiger partial charge in [0.25, 0.3) is 15.9 Å². The van der Waals surface area contributed by atoms with Crippen LogP contribution in [0.1, 0.15) is 22.3 Å². The first-order valence-corrected chi connectivity index (χ1v) is 9.25. The highest BCUT2D eigenvalue weighted by Gasteiger charge is 2.23. The van der Waals surface area contributed by atoms with Crippen molar-refractivity contribution in [3.63, 3.8) is 0 Å². The topological polar surface area (TPSA) is 97.4 Å². The Morgan fingerprint density at radius 3 is 3.00 bits per heavy atom. The fraction of sp³-hybridized carbons (Fsp3) is 0.286. The summed E-state index contributed by atoms with van der Waals surface area (Å²) in [4.78, 5) is 12.0. The number of fused-ring (bicyclic) bond motifs is 1. The Morgan fingerprint density at radius 2 is 2.22 bits per heavy atom. The van der Waals surface area contributed by atoms with Crippen molar-refractivity contribution in [2.75, 3.05) is 18.4 Å². The summed E-state index contributed by atoms with van der Waals surface area (Å²) in [5, 5.41) is 4.19. The molecule has 2 heterocycles. The van der Waals surface area contributed by atoms with E-state index in [1.165, 1.54) is 12.5 Å². The van der Waals surface area contributed by atoms with E-state index in [0.717, 1.165) is 29.9 Å². The number of rotatable bonds is 4. The fourth-order valence-corrected chi connectivity index (χ4v) is 4.51. The molecule has 0 saturated heterocycles. The first kappa shape index (κ1) is 15.8. The summed E-state index contributed by atoms with van der Waals surface area (Å²) in [6, 6.07) is 4.99. The molecule has 0 radical (unpaired) electrons. The summed E-state index contributed by atoms with van der Waals surface area (Å²) in [6.45, 7) is 0.617. The van der Waals surface area contributed by atoms with Gasteiger partial charge in [-0.1, -0.05) is 6.07 Å². The molecule has 2 N–H and O–H groups in total. The van der Waals surface area contributed by atoms with Gasteiger partial charge in [0.1, 0.15) is 0 Å². The van der Waals surface area contributed by atoms with Crippen molar-refractivity contribution in [3.05, 3.63) is 34.7 Å². The number of sulfonamides is 1. The minimum atomic E-state index is -3.82. The zero-order chi connectivity index (χ0) is 16.4. The predicted molar refractivity (Wildman–Crippen MR) is 86.6 cm³/mol. The van der Waals surface area contributed by atoms with Gasteiger partial charge in [0.2, 0.25) is 5.88 Å². The predicted octanol–water partition coefficient (Wildman–Crippen LogP) is 1.63. The van der Waals surface area contributed by atoms with Crippen LogP contribution in [0.4, 0.5) is 5.69 Å². The highest BCUT2D eigenvalue weighted by Crippen LogP contribution is 2.27. The number of anilines is 1. The number of hydrogen-bond acceptors (Lipinski definition) is 6. The Labute approximate surface area is 137 Å². The van der Waals surface area contributed by atoms with Crippen LogP contribution in [0.15, 0.2) is 28.5 Å². The zero-order valence-corrected chi connectivity index (χ0v) is 14.0. The molecule has 1 amide bonds. The van der Waals surface area contributed by atoms with Gasteiger partial charge in [-0.15, -0.1) is 0 Å². The van der Waals surface area contributed by atoms with Crippen LogP contribution in [-0.2, 0) is 16.4 Å². The summed E-state index contributed by atoms with van der Waals surface area (Å²) >= 11 is 0.996. The van der Waals surface area contributed by atoms with Crippen molar-refractivity contribution < 1.29 is 17.9 Å². The molecule has 1 aromatic heterocycles. The molecule has 1 aliphatic heterocycles. The van der Waals surface area contributed by atoms with Gasteiger partial charge < -0.3 is 10.1 Å². The van der Waals surface area contributed by atoms with Gasteiger partial charge in [-0.2, -0.15) is 4.37 Å². The molecule has 0 bridgehead atoms. The number of carbonyl (C=O) groups excluding carboxylic acids is 1. The summed E-state index contributed by atoms with van der Waals surface area (Å²) in [5.41, 5.74) is 1.74. The smallest absolute Gasteiger partial charge is 0.268 e. The maximum absolute atomic E-state index is 12.4. The van der Waals surface area contributed by atoms with Crippen LogP contribution in [0.25, 0.3) is 0 Å². The Balaban J connectivity index is 1.93. The van der Waals surface area contributed by atoms with Crippen LogP contribution in [-0.4, -0.2) is 32.4 Å². The highest BCUT2D eigenvalue weighted by molar-refractivity contribution is 7.93. The molecule has 3 rings (SSSR count). The van der Waals surface area contributed by atoms with Gasteiger partial charge in [-0.25, -0.2) is 8.42 Å². The molecular formula is C14H15N3O4S2. The molecule has 0 saturated carbocycles. The van der Waals surface area contributed by atoms with E-state index >= 15 is 0 Å². The number of carbonyl (C=O) groups is 1. The number of nitrogens with one attached hydrogen (secondary N) is 2. The third-order valence-corrected chi connectivity index (χ3v) is 5.64. The second kappa shape index (κ2) is 6.17. The molecule has 0 aliphatic carbocycles. The van der Waals surface area contributed by atoms with E-state index in [9.17, 15) is 13.2 Å². The summed E-state index contributed by atoms with van der Waals surface area (Å²) in [6.07, 6.45) is 1.64. The minimum Gasteiger partial charge on any atom is -0.479 e. The lowest BCUT2D eigenvalue weighted by Gasteiger charge is -2.10. The molecule has 1 aromatic carbocycles. The lowest BCUT2D eigenvalue weighted by atomic mass is 10.0. The number of hydrogen-bond donors (Lipinski definition) is 2. The Bertz CT molecular complexity index is 845. The highest BCUT2D eigenvalue weighted by atomic mass is 32.2. The SMILES string of the molecule is COc1nscc1S(=O)(=O)Nc1ccc2c(c1)C(=O)NCCC2. The fourth-order valence-electron chi connectivity index (χ4n) is 2.39. The normalized spacial score (nSPS) is 14.6. The first-order chi connectivity index (χ1) is 11.0. The molecular weight excluding hydrogens is 338 g/mol. The van der Waals surface area contributed by atoms with E-state index < -0.39 is 10.0 Å². The van der Waals surface area contributed by atoms with E-state index in [4.69, 9.17) is 4.74 Å². The second-order valence-electron chi connectivity index (χ2n) is 5.02. The van der Waals surface area contributed by atoms with Crippen molar-refractivity contribution in [3.8, 4) is 5.88 Å². The van der Waals surface area contributed by atoms with Crippen molar-refractivity contribution in [1.29, 1.82) is 0 Å². The van der Waals surface area contributed by atoms with E-state index in [2.05, 4.69) is 14.4 Å². The van der Waals surface area contributed by atoms with Crippen LogP contribution >= 0.6 is 11.5 Å². The monoisotopic (exact) mass is 353 g/mol. The number of ether oxygens (including phenoxy) is 1. The quantitative estimate of drug-likeness (QED) is 0.871. The lowest BCUT2D eigenvalue weighted by molar-refractivity contribution is 0.0956. The second-order valence-corrected chi connectivity index (χ2v) is 7.30. The number of nitrogens with zero attached hydrogens (tertiary/aromatic N) is 1. The van der Waals surface area contributed by atoms with Crippen LogP contribution in [0.3, 0.4) is 0 Å². The molecule has 2 aromatic rings. The van der Waals surface area contributed by atoms with Gasteiger partial charge in [-0.3, -0.25) is 9.52 Å². The van der Waals surface area contributed by atoms with Crippen LogP contribution in [0.2, 0.25) is 0 Å². The third-order valence-electron chi connectivity index (χ3n) is 3.50. The zero-order valence-electron chi connectivity index (χ0n) is 12.3. The third kappa shape index (κ3) is 3.15. The Morgan fingerprint density at radius 1 is 1.39 bits per heavy atom. The summed E-state index contributed by atoms with van der Waals surface area (Å²) < 4.78 is 36.2. The van der Waals surface area contributed by atoms with Gasteiger partial charge in [0.05, 0.1) is 7.11 Å². The molecule has 1 aliphatic rings. The molecule has 0 atom stereocenters. The van der Waals surface area contributed by atoms with E-state index in [1.54, 1.807) is 18.2 Å². The number of aromatic nitrogens is 1. The van der Waals surface area contributed by atoms with E-state index in [-0.39, 0.29) is 16.7 Å². The molecule has 122 valence electrons. The number of methoxy groups -OCH3 is 1. The maximum Gasteiger partial charge on any atom is 0.268 e. The van der Waals surface area contributed by atoms with Crippen LogP contribution in [0, 0.1) is 0 Å². The molecule has 23 heavy (non-hydrogen) atoms. The van der Waals surface area contributed by atoms with Crippen LogP contribution < -0.4 is 14.8 Å². The van der Waals surface area contributed by atoms with Gasteiger partial charge in [0.15, 0.2) is 4.90 Å². The van der Waals surface area contributed by atoms with Gasteiger partial charge in [-0.05, 0) is 42.1 Å². The van der Waals surface area contributed by atoms with Crippen molar-refractivity contribution in [1.82, 2.24) is 9.69 Å². The van der Waals surface area contributed by atoms with Crippen molar-refractivity contribution >= 4 is 33.2 Å². The molecule has 0 unspecified atom stereocenters. The van der Waals surface area contributed by atoms with E-state index in [0.29, 0.717) is 17.8 Å². The summed E-state index contributed by atoms with van der Waals surface area (Å²) in [7, 11) is -2.46. The molecule has 9 heteroatoms. The number of amides is 1. The molecule has 7 nitrogen and oxygen atoms in total. The largest absolute Gasteiger partial charge is 0.479 e. The van der Waals surface area contributed by atoms with E-state index in [1.807, 2.05) is 0 Å². The lowest BCUT2D eigenvalue weighted by Crippen LogP contribution is -2.23. The molecule has 0 spiro atoms. The van der Waals surface area contributed by atoms with Crippen molar-refractivity contribution in [2.24, 2.45) is 0 Å². The maximum atomic E-state index is 12.4.